The van der Waals surface area contributed by atoms with Crippen molar-refractivity contribution in [1.29, 1.82) is 0 Å². The van der Waals surface area contributed by atoms with Gasteiger partial charge in [0.15, 0.2) is 0 Å². The minimum absolute atomic E-state index is 0.238. The van der Waals surface area contributed by atoms with Gasteiger partial charge >= 0.3 is 5.97 Å². The van der Waals surface area contributed by atoms with Crippen LogP contribution >= 0.6 is 0 Å². The van der Waals surface area contributed by atoms with Crippen molar-refractivity contribution in [2.24, 2.45) is 10.8 Å². The van der Waals surface area contributed by atoms with Gasteiger partial charge in [0, 0.05) is 13.0 Å². The summed E-state index contributed by atoms with van der Waals surface area (Å²) in [7, 11) is -2.07. The lowest BCUT2D eigenvalue weighted by atomic mass is 9.70. The van der Waals surface area contributed by atoms with E-state index in [1.54, 1.807) is 48.6 Å². The van der Waals surface area contributed by atoms with Crippen molar-refractivity contribution >= 4 is 16.1 Å². The molecular formula is C22H45NO6S. The minimum atomic E-state index is -3.78. The Labute approximate surface area is 184 Å². The third kappa shape index (κ3) is 9.62. The number of hydrogen-bond acceptors (Lipinski definition) is 6. The average Bonchev–Trinajstić information content (AvgIpc) is 2.41. The number of nitrogens with one attached hydrogen (secondary N) is 1. The summed E-state index contributed by atoms with van der Waals surface area (Å²) in [5.41, 5.74) is -2.44. The molecule has 0 aromatic carbocycles. The van der Waals surface area contributed by atoms with Crippen molar-refractivity contribution in [2.45, 2.75) is 104 Å². The van der Waals surface area contributed by atoms with Crippen LogP contribution in [0.1, 0.15) is 88.5 Å². The molecule has 0 aliphatic heterocycles. The second-order valence-corrected chi connectivity index (χ2v) is 13.8. The molecule has 0 fully saturated rings. The summed E-state index contributed by atoms with van der Waals surface area (Å²) in [6.45, 7) is 18.9. The molecule has 0 amide bonds. The number of ether oxygens (including phenoxy) is 1. The third-order valence-corrected chi connectivity index (χ3v) is 7.38. The van der Waals surface area contributed by atoms with Gasteiger partial charge in [0.05, 0.1) is 23.2 Å². The number of aliphatic carboxylic acids is 1. The first kappa shape index (κ1) is 29.3. The standard InChI is InChI=1S/C22H45NO6S/c1-18(2,14-19(3,4)17(24)25)15-21(7,8)28-13-12-20(5,6)29-30(26,27)22(9,10)16-23-11/h23H,12-16H2,1-11H3,(H,24,25). The van der Waals surface area contributed by atoms with Gasteiger partial charge in [-0.05, 0) is 80.7 Å². The van der Waals surface area contributed by atoms with Crippen molar-refractivity contribution in [3.63, 3.8) is 0 Å². The molecular weight excluding hydrogens is 406 g/mol. The Balaban J connectivity index is 4.93. The molecule has 0 aromatic heterocycles. The summed E-state index contributed by atoms with van der Waals surface area (Å²) < 4.78 is 35.9. The van der Waals surface area contributed by atoms with Gasteiger partial charge in [-0.15, -0.1) is 0 Å². The van der Waals surface area contributed by atoms with Crippen LogP contribution in [0.25, 0.3) is 0 Å². The molecule has 0 heterocycles. The van der Waals surface area contributed by atoms with Gasteiger partial charge in [0.2, 0.25) is 0 Å². The minimum Gasteiger partial charge on any atom is -0.481 e. The van der Waals surface area contributed by atoms with Gasteiger partial charge in [0.25, 0.3) is 10.1 Å². The fraction of sp³-hybridized carbons (Fsp3) is 0.955. The molecule has 0 saturated heterocycles. The summed E-state index contributed by atoms with van der Waals surface area (Å²) in [5, 5.41) is 12.3. The van der Waals surface area contributed by atoms with Crippen molar-refractivity contribution in [2.75, 3.05) is 20.2 Å². The van der Waals surface area contributed by atoms with Gasteiger partial charge in [-0.1, -0.05) is 13.8 Å². The molecule has 0 unspecified atom stereocenters. The summed E-state index contributed by atoms with van der Waals surface area (Å²) in [5.74, 6) is -0.810. The summed E-state index contributed by atoms with van der Waals surface area (Å²) in [6, 6.07) is 0. The highest BCUT2D eigenvalue weighted by Crippen LogP contribution is 2.40. The molecule has 0 atom stereocenters. The molecule has 30 heavy (non-hydrogen) atoms. The van der Waals surface area contributed by atoms with E-state index in [1.165, 1.54) is 0 Å². The van der Waals surface area contributed by atoms with Gasteiger partial charge in [0.1, 0.15) is 4.75 Å². The fourth-order valence-electron chi connectivity index (χ4n) is 4.08. The highest BCUT2D eigenvalue weighted by Gasteiger charge is 2.40. The lowest BCUT2D eigenvalue weighted by Gasteiger charge is -2.39. The number of carboxylic acid groups (broad SMARTS) is 1. The predicted octanol–water partition coefficient (Wildman–Crippen LogP) is 4.21. The Morgan fingerprint density at radius 2 is 1.40 bits per heavy atom. The molecule has 0 saturated carbocycles. The second-order valence-electron chi connectivity index (χ2n) is 11.7. The third-order valence-electron chi connectivity index (χ3n) is 5.22. The van der Waals surface area contributed by atoms with Crippen molar-refractivity contribution in [3.8, 4) is 0 Å². The van der Waals surface area contributed by atoms with Crippen molar-refractivity contribution in [3.05, 3.63) is 0 Å². The van der Waals surface area contributed by atoms with Crippen molar-refractivity contribution < 1.29 is 27.2 Å². The van der Waals surface area contributed by atoms with Gasteiger partial charge in [-0.25, -0.2) is 0 Å². The smallest absolute Gasteiger partial charge is 0.309 e. The number of hydrogen-bond donors (Lipinski definition) is 2. The SMILES string of the molecule is CNCC(C)(C)S(=O)(=O)OC(C)(C)CCOC(C)(C)CC(C)(C)CC(C)(C)C(=O)O. The van der Waals surface area contributed by atoms with Crippen LogP contribution < -0.4 is 5.32 Å². The Morgan fingerprint density at radius 3 is 1.83 bits per heavy atom. The van der Waals surface area contributed by atoms with E-state index in [-0.39, 0.29) is 12.0 Å². The van der Waals surface area contributed by atoms with Gasteiger partial charge in [-0.2, -0.15) is 8.42 Å². The topological polar surface area (TPSA) is 102 Å². The van der Waals surface area contributed by atoms with Crippen molar-refractivity contribution in [1.82, 2.24) is 5.32 Å². The molecule has 180 valence electrons. The van der Waals surface area contributed by atoms with Gasteiger partial charge < -0.3 is 15.2 Å². The van der Waals surface area contributed by atoms with Crippen LogP contribution in [0.5, 0.6) is 0 Å². The first-order valence-electron chi connectivity index (χ1n) is 10.6. The Morgan fingerprint density at radius 1 is 0.900 bits per heavy atom. The molecule has 0 rings (SSSR count). The largest absolute Gasteiger partial charge is 0.481 e. The molecule has 0 aliphatic carbocycles. The van der Waals surface area contributed by atoms with E-state index in [2.05, 4.69) is 5.32 Å². The first-order valence-corrected chi connectivity index (χ1v) is 12.0. The number of rotatable bonds is 14. The molecule has 0 aromatic rings. The Bertz CT molecular complexity index is 678. The number of carbonyl (C=O) groups is 1. The highest BCUT2D eigenvalue weighted by atomic mass is 32.2. The molecule has 0 aliphatic rings. The van der Waals surface area contributed by atoms with Crippen LogP contribution in [-0.4, -0.2) is 55.6 Å². The van der Waals surface area contributed by atoms with E-state index in [0.717, 1.165) is 0 Å². The summed E-state index contributed by atoms with van der Waals surface area (Å²) >= 11 is 0. The average molecular weight is 452 g/mol. The highest BCUT2D eigenvalue weighted by molar-refractivity contribution is 7.88. The van der Waals surface area contributed by atoms with E-state index < -0.39 is 37.5 Å². The Hall–Kier alpha value is -0.700. The second kappa shape index (κ2) is 9.84. The lowest BCUT2D eigenvalue weighted by molar-refractivity contribution is -0.149. The molecule has 0 spiro atoms. The zero-order valence-corrected chi connectivity index (χ0v) is 21.7. The maximum absolute atomic E-state index is 12.6. The molecule has 0 radical (unpaired) electrons. The molecule has 8 heteroatoms. The maximum atomic E-state index is 12.6. The summed E-state index contributed by atoms with van der Waals surface area (Å²) in [6.07, 6.45) is 1.60. The Kier molecular flexibility index (Phi) is 9.61. The fourth-order valence-corrected chi connectivity index (χ4v) is 5.30. The monoisotopic (exact) mass is 451 g/mol. The maximum Gasteiger partial charge on any atom is 0.309 e. The van der Waals surface area contributed by atoms with Gasteiger partial charge in [-0.3, -0.25) is 8.98 Å². The zero-order chi connectivity index (χ0) is 24.2. The lowest BCUT2D eigenvalue weighted by Crippen LogP contribution is -2.45. The van der Waals surface area contributed by atoms with Crippen LogP contribution in [0, 0.1) is 10.8 Å². The summed E-state index contributed by atoms with van der Waals surface area (Å²) in [4.78, 5) is 11.5. The number of carboxylic acids is 1. The molecule has 7 nitrogen and oxygen atoms in total. The predicted molar refractivity (Wildman–Crippen MR) is 121 cm³/mol. The van der Waals surface area contributed by atoms with E-state index in [9.17, 15) is 18.3 Å². The van der Waals surface area contributed by atoms with E-state index in [1.807, 2.05) is 27.7 Å². The van der Waals surface area contributed by atoms with Crippen LogP contribution in [0.4, 0.5) is 0 Å². The quantitative estimate of drug-likeness (QED) is 0.381. The van der Waals surface area contributed by atoms with E-state index >= 15 is 0 Å². The van der Waals surface area contributed by atoms with E-state index in [0.29, 0.717) is 25.9 Å². The van der Waals surface area contributed by atoms with Crippen LogP contribution in [0.3, 0.4) is 0 Å². The van der Waals surface area contributed by atoms with Crippen LogP contribution in [0.2, 0.25) is 0 Å². The molecule has 2 N–H and O–H groups in total. The molecule has 0 bridgehead atoms. The normalized spacial score (nSPS) is 14.8. The van der Waals surface area contributed by atoms with Crippen LogP contribution in [0.15, 0.2) is 0 Å². The zero-order valence-electron chi connectivity index (χ0n) is 20.9. The van der Waals surface area contributed by atoms with Crippen LogP contribution in [-0.2, 0) is 23.8 Å². The first-order chi connectivity index (χ1) is 13.1. The van der Waals surface area contributed by atoms with E-state index in [4.69, 9.17) is 8.92 Å².